The molecule has 1 aromatic carbocycles. The SMILES string of the molecule is O=C(Oc1ccccc1)C(O)S(=O)(=O)O. The second-order valence-electron chi connectivity index (χ2n) is 2.60. The van der Waals surface area contributed by atoms with E-state index < -0.39 is 21.5 Å². The van der Waals surface area contributed by atoms with Gasteiger partial charge in [-0.2, -0.15) is 8.42 Å². The first-order valence-corrected chi connectivity index (χ1v) is 5.32. The lowest BCUT2D eigenvalue weighted by molar-refractivity contribution is -0.139. The molecule has 0 aliphatic rings. The maximum Gasteiger partial charge on any atom is 0.359 e. The smallest absolute Gasteiger partial charge is 0.359 e. The molecular formula is C8H8O6S. The molecule has 15 heavy (non-hydrogen) atoms. The fraction of sp³-hybridized carbons (Fsp3) is 0.125. The molecule has 0 spiro atoms. The van der Waals surface area contributed by atoms with Crippen molar-refractivity contribution >= 4 is 16.1 Å². The van der Waals surface area contributed by atoms with Gasteiger partial charge in [-0.05, 0) is 12.1 Å². The highest BCUT2D eigenvalue weighted by molar-refractivity contribution is 7.87. The fourth-order valence-corrected chi connectivity index (χ4v) is 1.07. The minimum Gasteiger partial charge on any atom is -0.424 e. The van der Waals surface area contributed by atoms with Gasteiger partial charge in [0.1, 0.15) is 5.75 Å². The van der Waals surface area contributed by atoms with E-state index in [1.165, 1.54) is 12.1 Å². The van der Waals surface area contributed by atoms with Crippen molar-refractivity contribution in [2.45, 2.75) is 5.44 Å². The first kappa shape index (κ1) is 11.6. The van der Waals surface area contributed by atoms with Crippen LogP contribution in [-0.4, -0.2) is 29.5 Å². The second-order valence-corrected chi connectivity index (χ2v) is 4.08. The normalized spacial score (nSPS) is 13.2. The monoisotopic (exact) mass is 232 g/mol. The highest BCUT2D eigenvalue weighted by Crippen LogP contribution is 2.10. The molecule has 0 radical (unpaired) electrons. The number of esters is 1. The van der Waals surface area contributed by atoms with Gasteiger partial charge in [-0.25, -0.2) is 4.79 Å². The Balaban J connectivity index is 2.73. The number of aliphatic hydroxyl groups excluding tert-OH is 1. The number of hydrogen-bond acceptors (Lipinski definition) is 5. The molecule has 0 aliphatic carbocycles. The van der Waals surface area contributed by atoms with E-state index in [2.05, 4.69) is 4.74 Å². The van der Waals surface area contributed by atoms with E-state index in [9.17, 15) is 13.2 Å². The predicted octanol–water partition coefficient (Wildman–Crippen LogP) is -0.202. The molecule has 82 valence electrons. The Bertz CT molecular complexity index is 437. The first-order chi connectivity index (χ1) is 6.91. The van der Waals surface area contributed by atoms with Gasteiger partial charge in [0.25, 0.3) is 5.44 Å². The summed E-state index contributed by atoms with van der Waals surface area (Å²) in [6.07, 6.45) is 0. The van der Waals surface area contributed by atoms with Crippen LogP contribution in [0.2, 0.25) is 0 Å². The molecule has 0 saturated carbocycles. The van der Waals surface area contributed by atoms with Gasteiger partial charge in [-0.3, -0.25) is 4.55 Å². The maximum atomic E-state index is 10.9. The lowest BCUT2D eigenvalue weighted by atomic mass is 10.3. The van der Waals surface area contributed by atoms with Gasteiger partial charge in [0, 0.05) is 0 Å². The van der Waals surface area contributed by atoms with Gasteiger partial charge in [0.2, 0.25) is 0 Å². The Labute approximate surface area is 85.9 Å². The standard InChI is InChI=1S/C8H8O6S/c9-7(8(10)15(11,12)13)14-6-4-2-1-3-5-6/h1-5,8,10H,(H,11,12,13). The van der Waals surface area contributed by atoms with Gasteiger partial charge < -0.3 is 9.84 Å². The molecule has 0 heterocycles. The average molecular weight is 232 g/mol. The van der Waals surface area contributed by atoms with Gasteiger partial charge >= 0.3 is 16.1 Å². The van der Waals surface area contributed by atoms with Crippen molar-refractivity contribution in [3.05, 3.63) is 30.3 Å². The van der Waals surface area contributed by atoms with Crippen molar-refractivity contribution in [2.75, 3.05) is 0 Å². The molecular weight excluding hydrogens is 224 g/mol. The summed E-state index contributed by atoms with van der Waals surface area (Å²) in [6, 6.07) is 7.57. The summed E-state index contributed by atoms with van der Waals surface area (Å²) < 4.78 is 33.6. The quantitative estimate of drug-likeness (QED) is 0.425. The van der Waals surface area contributed by atoms with E-state index in [1.807, 2.05) is 0 Å². The predicted molar refractivity (Wildman–Crippen MR) is 49.6 cm³/mol. The van der Waals surface area contributed by atoms with E-state index in [0.717, 1.165) is 0 Å². The van der Waals surface area contributed by atoms with Crippen molar-refractivity contribution in [1.29, 1.82) is 0 Å². The molecule has 0 saturated heterocycles. The Morgan fingerprint density at radius 1 is 1.27 bits per heavy atom. The van der Waals surface area contributed by atoms with Gasteiger partial charge in [0.05, 0.1) is 0 Å². The van der Waals surface area contributed by atoms with E-state index in [-0.39, 0.29) is 5.75 Å². The molecule has 1 atom stereocenters. The van der Waals surface area contributed by atoms with Crippen LogP contribution in [0, 0.1) is 0 Å². The summed E-state index contributed by atoms with van der Waals surface area (Å²) in [7, 11) is -4.84. The molecule has 0 aliphatic heterocycles. The summed E-state index contributed by atoms with van der Waals surface area (Å²) in [5.74, 6) is -1.38. The summed E-state index contributed by atoms with van der Waals surface area (Å²) in [6.45, 7) is 0. The van der Waals surface area contributed by atoms with Gasteiger partial charge in [-0.1, -0.05) is 18.2 Å². The lowest BCUT2D eigenvalue weighted by Crippen LogP contribution is -2.33. The Kier molecular flexibility index (Phi) is 3.40. The maximum absolute atomic E-state index is 10.9. The second kappa shape index (κ2) is 4.39. The Morgan fingerprint density at radius 3 is 2.27 bits per heavy atom. The Hall–Kier alpha value is -1.44. The first-order valence-electron chi connectivity index (χ1n) is 3.82. The van der Waals surface area contributed by atoms with E-state index in [0.29, 0.717) is 0 Å². The van der Waals surface area contributed by atoms with Crippen molar-refractivity contribution in [2.24, 2.45) is 0 Å². The molecule has 2 N–H and O–H groups in total. The molecule has 0 aromatic heterocycles. The van der Waals surface area contributed by atoms with Crippen LogP contribution in [0.5, 0.6) is 5.75 Å². The number of rotatable bonds is 3. The molecule has 7 heteroatoms. The highest BCUT2D eigenvalue weighted by Gasteiger charge is 2.30. The number of carbonyl (C=O) groups excluding carboxylic acids is 1. The minimum absolute atomic E-state index is 0.0743. The molecule has 0 fully saturated rings. The molecule has 1 rings (SSSR count). The van der Waals surface area contributed by atoms with Crippen LogP contribution >= 0.6 is 0 Å². The Morgan fingerprint density at radius 2 is 1.80 bits per heavy atom. The summed E-state index contributed by atoms with van der Waals surface area (Å²) >= 11 is 0. The van der Waals surface area contributed by atoms with Gasteiger partial charge in [-0.15, -0.1) is 0 Å². The van der Waals surface area contributed by atoms with Crippen LogP contribution < -0.4 is 4.74 Å². The topological polar surface area (TPSA) is 101 Å². The zero-order valence-electron chi connectivity index (χ0n) is 7.40. The molecule has 0 amide bonds. The van der Waals surface area contributed by atoms with Crippen LogP contribution in [0.3, 0.4) is 0 Å². The summed E-state index contributed by atoms with van der Waals surface area (Å²) in [5.41, 5.74) is -2.59. The molecule has 1 unspecified atom stereocenters. The third-order valence-corrected chi connectivity index (χ3v) is 2.20. The zero-order chi connectivity index (χ0) is 11.5. The van der Waals surface area contributed by atoms with Crippen molar-refractivity contribution in [3.63, 3.8) is 0 Å². The number of benzene rings is 1. The number of carbonyl (C=O) groups is 1. The van der Waals surface area contributed by atoms with Crippen molar-refractivity contribution in [3.8, 4) is 5.75 Å². The summed E-state index contributed by atoms with van der Waals surface area (Å²) in [5, 5.41) is 8.80. The molecule has 1 aromatic rings. The minimum atomic E-state index is -4.84. The number of ether oxygens (including phenoxy) is 1. The van der Waals surface area contributed by atoms with Gasteiger partial charge in [0.15, 0.2) is 0 Å². The van der Waals surface area contributed by atoms with Crippen LogP contribution in [0.1, 0.15) is 0 Å². The molecule has 0 bridgehead atoms. The van der Waals surface area contributed by atoms with E-state index in [1.54, 1.807) is 18.2 Å². The number of hydrogen-bond donors (Lipinski definition) is 2. The zero-order valence-corrected chi connectivity index (χ0v) is 8.22. The van der Waals surface area contributed by atoms with Crippen LogP contribution in [0.25, 0.3) is 0 Å². The largest absolute Gasteiger partial charge is 0.424 e. The van der Waals surface area contributed by atoms with Crippen molar-refractivity contribution < 1.29 is 27.6 Å². The lowest BCUT2D eigenvalue weighted by Gasteiger charge is -2.06. The van der Waals surface area contributed by atoms with Crippen LogP contribution in [-0.2, 0) is 14.9 Å². The van der Waals surface area contributed by atoms with E-state index in [4.69, 9.17) is 9.66 Å². The number of aliphatic hydroxyl groups is 1. The third-order valence-electron chi connectivity index (χ3n) is 1.45. The van der Waals surface area contributed by atoms with E-state index >= 15 is 0 Å². The summed E-state index contributed by atoms with van der Waals surface area (Å²) in [4.78, 5) is 10.9. The third kappa shape index (κ3) is 3.31. The van der Waals surface area contributed by atoms with Crippen molar-refractivity contribution in [1.82, 2.24) is 0 Å². The number of para-hydroxylation sites is 1. The highest BCUT2D eigenvalue weighted by atomic mass is 32.2. The fourth-order valence-electron chi connectivity index (χ4n) is 0.777. The van der Waals surface area contributed by atoms with Crippen LogP contribution in [0.15, 0.2) is 30.3 Å². The van der Waals surface area contributed by atoms with Crippen LogP contribution in [0.4, 0.5) is 0 Å². The average Bonchev–Trinajstić information content (AvgIpc) is 2.16. The molecule has 6 nitrogen and oxygen atoms in total.